The van der Waals surface area contributed by atoms with E-state index < -0.39 is 0 Å². The van der Waals surface area contributed by atoms with Crippen LogP contribution in [0.15, 0.2) is 28.1 Å². The quantitative estimate of drug-likeness (QED) is 0.719. The molecule has 0 aliphatic rings. The Morgan fingerprint density at radius 3 is 2.80 bits per heavy atom. The second-order valence-electron chi connectivity index (χ2n) is 5.89. The van der Waals surface area contributed by atoms with Crippen LogP contribution in [0.2, 0.25) is 0 Å². The summed E-state index contributed by atoms with van der Waals surface area (Å²) in [5.74, 6) is -0.0368. The molecule has 3 rings (SSSR count). The molecule has 0 saturated carbocycles. The van der Waals surface area contributed by atoms with Gasteiger partial charge in [0.25, 0.3) is 5.91 Å². The van der Waals surface area contributed by atoms with Gasteiger partial charge in [-0.15, -0.1) is 11.3 Å². The van der Waals surface area contributed by atoms with E-state index >= 15 is 0 Å². The summed E-state index contributed by atoms with van der Waals surface area (Å²) in [6.07, 6.45) is 0.773. The molecule has 132 valence electrons. The average molecular weight is 358 g/mol. The number of carbonyl (C=O) groups is 1. The molecule has 0 fully saturated rings. The first-order valence-electron chi connectivity index (χ1n) is 8.40. The molecule has 3 heterocycles. The molecule has 0 saturated heterocycles. The predicted molar refractivity (Wildman–Crippen MR) is 97.7 cm³/mol. The van der Waals surface area contributed by atoms with Crippen LogP contribution >= 0.6 is 11.3 Å². The number of nitrogens with one attached hydrogen (secondary N) is 1. The van der Waals surface area contributed by atoms with Crippen molar-refractivity contribution in [1.82, 2.24) is 20.3 Å². The lowest BCUT2D eigenvalue weighted by Gasteiger charge is -2.17. The molecule has 0 unspecified atom stereocenters. The smallest absolute Gasteiger partial charge is 0.290 e. The van der Waals surface area contributed by atoms with E-state index in [4.69, 9.17) is 4.52 Å². The van der Waals surface area contributed by atoms with Gasteiger partial charge in [-0.05, 0) is 38.6 Å². The molecular weight excluding hydrogens is 336 g/mol. The summed E-state index contributed by atoms with van der Waals surface area (Å²) >= 11 is 1.56. The third-order valence-corrected chi connectivity index (χ3v) is 5.20. The maximum absolute atomic E-state index is 12.6. The topological polar surface area (TPSA) is 73.0 Å². The molecule has 3 aromatic rings. The van der Waals surface area contributed by atoms with Crippen molar-refractivity contribution in [3.8, 4) is 10.6 Å². The monoisotopic (exact) mass is 358 g/mol. The first-order valence-corrected chi connectivity index (χ1v) is 9.28. The minimum Gasteiger partial charge on any atom is -0.350 e. The Morgan fingerprint density at radius 1 is 1.40 bits per heavy atom. The van der Waals surface area contributed by atoms with Crippen molar-refractivity contribution in [1.29, 1.82) is 0 Å². The summed E-state index contributed by atoms with van der Waals surface area (Å²) < 4.78 is 7.20. The highest BCUT2D eigenvalue weighted by molar-refractivity contribution is 7.13. The van der Waals surface area contributed by atoms with Gasteiger partial charge in [-0.3, -0.25) is 9.48 Å². The van der Waals surface area contributed by atoms with E-state index in [0.717, 1.165) is 34.8 Å². The summed E-state index contributed by atoms with van der Waals surface area (Å²) in [5.41, 5.74) is 3.79. The molecule has 7 heteroatoms. The molecule has 0 aromatic carbocycles. The van der Waals surface area contributed by atoms with Gasteiger partial charge in [-0.2, -0.15) is 5.10 Å². The second-order valence-corrected chi connectivity index (χ2v) is 6.84. The Bertz CT molecular complexity index is 864. The summed E-state index contributed by atoms with van der Waals surface area (Å²) in [6, 6.07) is 5.47. The minimum atomic E-state index is -0.259. The lowest BCUT2D eigenvalue weighted by molar-refractivity contribution is 0.0898. The molecule has 1 N–H and O–H groups in total. The van der Waals surface area contributed by atoms with Crippen molar-refractivity contribution in [2.24, 2.45) is 0 Å². The van der Waals surface area contributed by atoms with Gasteiger partial charge in [-0.1, -0.05) is 18.1 Å². The van der Waals surface area contributed by atoms with Gasteiger partial charge >= 0.3 is 0 Å². The third-order valence-electron chi connectivity index (χ3n) is 4.31. The van der Waals surface area contributed by atoms with Gasteiger partial charge in [0.05, 0.1) is 16.6 Å². The molecule has 0 aliphatic heterocycles. The highest BCUT2D eigenvalue weighted by Gasteiger charge is 2.23. The molecule has 0 spiro atoms. The summed E-state index contributed by atoms with van der Waals surface area (Å²) in [5, 5.41) is 13.6. The number of rotatable bonds is 6. The molecular formula is C18H22N4O2S. The zero-order valence-corrected chi connectivity index (χ0v) is 15.7. The molecule has 1 atom stereocenters. The van der Waals surface area contributed by atoms with Gasteiger partial charge < -0.3 is 9.84 Å². The lowest BCUT2D eigenvalue weighted by Crippen LogP contribution is -2.28. The van der Waals surface area contributed by atoms with Crippen molar-refractivity contribution >= 4 is 17.2 Å². The van der Waals surface area contributed by atoms with E-state index in [-0.39, 0.29) is 17.7 Å². The number of nitrogens with zero attached hydrogens (tertiary/aromatic N) is 3. The van der Waals surface area contributed by atoms with Crippen molar-refractivity contribution in [3.63, 3.8) is 0 Å². The molecule has 25 heavy (non-hydrogen) atoms. The lowest BCUT2D eigenvalue weighted by atomic mass is 10.0. The number of hydrogen-bond acceptors (Lipinski definition) is 5. The van der Waals surface area contributed by atoms with Gasteiger partial charge in [0.2, 0.25) is 5.76 Å². The number of aromatic nitrogens is 3. The van der Waals surface area contributed by atoms with Crippen molar-refractivity contribution in [2.75, 3.05) is 0 Å². The first kappa shape index (κ1) is 17.4. The SMILES string of the molecule is CC[C@@H](NC(=O)c1cc(-c2cccs2)no1)c1c(C)nn(CC)c1C. The van der Waals surface area contributed by atoms with Crippen LogP contribution in [0.25, 0.3) is 10.6 Å². The van der Waals surface area contributed by atoms with E-state index in [1.54, 1.807) is 17.4 Å². The summed E-state index contributed by atoms with van der Waals surface area (Å²) in [4.78, 5) is 13.6. The van der Waals surface area contributed by atoms with Gasteiger partial charge in [0.15, 0.2) is 0 Å². The average Bonchev–Trinajstić information content (AvgIpc) is 3.33. The molecule has 0 aliphatic carbocycles. The van der Waals surface area contributed by atoms with Crippen LogP contribution in [0.5, 0.6) is 0 Å². The third kappa shape index (κ3) is 3.37. The molecule has 3 aromatic heterocycles. The van der Waals surface area contributed by atoms with Crippen LogP contribution in [-0.4, -0.2) is 20.8 Å². The van der Waals surface area contributed by atoms with Crippen LogP contribution in [-0.2, 0) is 6.54 Å². The van der Waals surface area contributed by atoms with E-state index in [2.05, 4.69) is 22.5 Å². The number of carbonyl (C=O) groups excluding carboxylic acids is 1. The Hall–Kier alpha value is -2.41. The second kappa shape index (κ2) is 7.23. The first-order chi connectivity index (χ1) is 12.0. The zero-order valence-electron chi connectivity index (χ0n) is 14.9. The molecule has 0 radical (unpaired) electrons. The van der Waals surface area contributed by atoms with Crippen LogP contribution in [0.3, 0.4) is 0 Å². The Balaban J connectivity index is 1.80. The largest absolute Gasteiger partial charge is 0.350 e. The Morgan fingerprint density at radius 2 is 2.20 bits per heavy atom. The predicted octanol–water partition coefficient (Wildman–Crippen LogP) is 4.12. The summed E-state index contributed by atoms with van der Waals surface area (Å²) in [7, 11) is 0. The van der Waals surface area contributed by atoms with Crippen molar-refractivity contribution < 1.29 is 9.32 Å². The number of aryl methyl sites for hydroxylation is 2. The number of hydrogen-bond donors (Lipinski definition) is 1. The molecule has 6 nitrogen and oxygen atoms in total. The van der Waals surface area contributed by atoms with Crippen molar-refractivity contribution in [2.45, 2.75) is 46.7 Å². The molecule has 0 bridgehead atoms. The Kier molecular flexibility index (Phi) is 5.03. The summed E-state index contributed by atoms with van der Waals surface area (Å²) in [6.45, 7) is 8.93. The highest BCUT2D eigenvalue weighted by atomic mass is 32.1. The highest BCUT2D eigenvalue weighted by Crippen LogP contribution is 2.26. The van der Waals surface area contributed by atoms with Gasteiger partial charge in [0.1, 0.15) is 5.69 Å². The zero-order chi connectivity index (χ0) is 18.0. The maximum atomic E-state index is 12.6. The van der Waals surface area contributed by atoms with Crippen molar-refractivity contribution in [3.05, 3.63) is 46.3 Å². The fraction of sp³-hybridized carbons (Fsp3) is 0.389. The van der Waals surface area contributed by atoms with E-state index in [9.17, 15) is 4.79 Å². The van der Waals surface area contributed by atoms with Crippen LogP contribution < -0.4 is 5.32 Å². The number of amides is 1. The fourth-order valence-corrected chi connectivity index (χ4v) is 3.73. The molecule has 1 amide bonds. The van der Waals surface area contributed by atoms with Gasteiger partial charge in [-0.25, -0.2) is 0 Å². The van der Waals surface area contributed by atoms with Crippen LogP contribution in [0.4, 0.5) is 0 Å². The number of thiophene rings is 1. The fourth-order valence-electron chi connectivity index (χ4n) is 3.05. The van der Waals surface area contributed by atoms with E-state index in [1.807, 2.05) is 43.0 Å². The van der Waals surface area contributed by atoms with Crippen LogP contribution in [0, 0.1) is 13.8 Å². The normalized spacial score (nSPS) is 12.3. The Labute approximate surface area is 150 Å². The standard InChI is InChI=1S/C18H22N4O2S/c1-5-13(17-11(3)20-22(6-2)12(17)4)19-18(23)15-10-14(21-24-15)16-8-7-9-25-16/h7-10,13H,5-6H2,1-4H3,(H,19,23)/t13-/m1/s1. The van der Waals surface area contributed by atoms with Crippen LogP contribution in [0.1, 0.15) is 53.8 Å². The maximum Gasteiger partial charge on any atom is 0.290 e. The van der Waals surface area contributed by atoms with Gasteiger partial charge in [0, 0.05) is 23.9 Å². The van der Waals surface area contributed by atoms with E-state index in [1.165, 1.54) is 0 Å². The van der Waals surface area contributed by atoms with E-state index in [0.29, 0.717) is 5.69 Å². The minimum absolute atomic E-state index is 0.108.